The number of esters is 1. The number of ether oxygens (including phenoxy) is 1. The Morgan fingerprint density at radius 1 is 1.62 bits per heavy atom. The molecule has 2 rings (SSSR count). The van der Waals surface area contributed by atoms with Crippen LogP contribution >= 0.6 is 0 Å². The molecule has 0 aromatic heterocycles. The first-order valence-electron chi connectivity index (χ1n) is 5.65. The predicted octanol–water partition coefficient (Wildman–Crippen LogP) is 1.82. The van der Waals surface area contributed by atoms with Crippen molar-refractivity contribution in [1.82, 2.24) is 0 Å². The molecule has 0 aromatic carbocycles. The standard InChI is InChI=1S/C13H18O3/c1-8-4-5-10(12(14)16-3)11-9(8)6-7-13(11,2)15/h4-5,10-11,15H,6-7H2,1-3H3/t10-,11-,13+/m1/s1. The molecule has 0 saturated heterocycles. The summed E-state index contributed by atoms with van der Waals surface area (Å²) in [5.41, 5.74) is 1.60. The lowest BCUT2D eigenvalue weighted by molar-refractivity contribution is -0.147. The Morgan fingerprint density at radius 3 is 2.94 bits per heavy atom. The fourth-order valence-electron chi connectivity index (χ4n) is 2.94. The third kappa shape index (κ3) is 1.59. The molecule has 0 aliphatic heterocycles. The van der Waals surface area contributed by atoms with Gasteiger partial charge in [-0.1, -0.05) is 23.3 Å². The molecule has 3 atom stereocenters. The van der Waals surface area contributed by atoms with Crippen molar-refractivity contribution in [3.05, 3.63) is 23.3 Å². The van der Waals surface area contributed by atoms with Gasteiger partial charge in [0, 0.05) is 5.92 Å². The van der Waals surface area contributed by atoms with Gasteiger partial charge in [0.25, 0.3) is 0 Å². The van der Waals surface area contributed by atoms with E-state index in [9.17, 15) is 9.90 Å². The van der Waals surface area contributed by atoms with E-state index in [2.05, 4.69) is 0 Å². The van der Waals surface area contributed by atoms with Crippen LogP contribution in [0.15, 0.2) is 23.3 Å². The lowest BCUT2D eigenvalue weighted by Gasteiger charge is -2.33. The lowest BCUT2D eigenvalue weighted by Crippen LogP contribution is -2.39. The summed E-state index contributed by atoms with van der Waals surface area (Å²) in [6, 6.07) is 0. The molecule has 16 heavy (non-hydrogen) atoms. The first kappa shape index (κ1) is 11.4. The van der Waals surface area contributed by atoms with Crippen LogP contribution in [0, 0.1) is 11.8 Å². The highest BCUT2D eigenvalue weighted by atomic mass is 16.5. The molecule has 0 unspecified atom stereocenters. The average molecular weight is 222 g/mol. The number of hydrogen-bond donors (Lipinski definition) is 1. The van der Waals surface area contributed by atoms with E-state index in [1.165, 1.54) is 18.3 Å². The van der Waals surface area contributed by atoms with E-state index < -0.39 is 5.60 Å². The fourth-order valence-corrected chi connectivity index (χ4v) is 2.94. The normalized spacial score (nSPS) is 37.5. The third-order valence-corrected chi connectivity index (χ3v) is 3.84. The molecule has 0 radical (unpaired) electrons. The molecule has 2 aliphatic carbocycles. The summed E-state index contributed by atoms with van der Waals surface area (Å²) < 4.78 is 4.80. The molecule has 0 spiro atoms. The van der Waals surface area contributed by atoms with Crippen LogP contribution in [0.25, 0.3) is 0 Å². The fraction of sp³-hybridized carbons (Fsp3) is 0.615. The summed E-state index contributed by atoms with van der Waals surface area (Å²) in [5, 5.41) is 10.3. The quantitative estimate of drug-likeness (QED) is 0.688. The summed E-state index contributed by atoms with van der Waals surface area (Å²) in [6.45, 7) is 3.85. The van der Waals surface area contributed by atoms with E-state index in [-0.39, 0.29) is 17.8 Å². The van der Waals surface area contributed by atoms with E-state index in [1.54, 1.807) is 0 Å². The van der Waals surface area contributed by atoms with Gasteiger partial charge in [0.2, 0.25) is 0 Å². The van der Waals surface area contributed by atoms with Gasteiger partial charge in [-0.15, -0.1) is 0 Å². The Balaban J connectivity index is 2.39. The molecular weight excluding hydrogens is 204 g/mol. The van der Waals surface area contributed by atoms with Crippen molar-refractivity contribution in [3.63, 3.8) is 0 Å². The average Bonchev–Trinajstić information content (AvgIpc) is 2.56. The van der Waals surface area contributed by atoms with Crippen molar-refractivity contribution in [3.8, 4) is 0 Å². The van der Waals surface area contributed by atoms with E-state index in [0.717, 1.165) is 12.8 Å². The number of allylic oxidation sites excluding steroid dienone is 2. The van der Waals surface area contributed by atoms with Crippen LogP contribution < -0.4 is 0 Å². The number of methoxy groups -OCH3 is 1. The Bertz CT molecular complexity index is 377. The Kier molecular flexibility index (Phi) is 2.66. The van der Waals surface area contributed by atoms with E-state index in [1.807, 2.05) is 26.0 Å². The molecular formula is C13H18O3. The largest absolute Gasteiger partial charge is 0.469 e. The minimum absolute atomic E-state index is 0.107. The van der Waals surface area contributed by atoms with Crippen molar-refractivity contribution in [2.75, 3.05) is 7.11 Å². The van der Waals surface area contributed by atoms with Gasteiger partial charge in [-0.25, -0.2) is 0 Å². The summed E-state index contributed by atoms with van der Waals surface area (Å²) in [4.78, 5) is 11.7. The number of aliphatic hydroxyl groups is 1. The zero-order valence-corrected chi connectivity index (χ0v) is 9.99. The highest BCUT2D eigenvalue weighted by molar-refractivity contribution is 5.76. The minimum atomic E-state index is -0.791. The van der Waals surface area contributed by atoms with Crippen LogP contribution in [0.1, 0.15) is 26.7 Å². The van der Waals surface area contributed by atoms with Gasteiger partial charge in [0.15, 0.2) is 0 Å². The number of carbonyl (C=O) groups excluding carboxylic acids is 1. The SMILES string of the molecule is COC(=O)[C@@H]1C=CC(C)=C2CC[C@](C)(O)[C@H]21. The predicted molar refractivity (Wildman–Crippen MR) is 60.7 cm³/mol. The number of hydrogen-bond acceptors (Lipinski definition) is 3. The van der Waals surface area contributed by atoms with Crippen molar-refractivity contribution < 1.29 is 14.6 Å². The van der Waals surface area contributed by atoms with Crippen LogP contribution in [-0.2, 0) is 9.53 Å². The Hall–Kier alpha value is -1.09. The van der Waals surface area contributed by atoms with Gasteiger partial charge in [0.05, 0.1) is 18.6 Å². The topological polar surface area (TPSA) is 46.5 Å². The third-order valence-electron chi connectivity index (χ3n) is 3.84. The van der Waals surface area contributed by atoms with E-state index in [0.29, 0.717) is 0 Å². The second-order valence-electron chi connectivity index (χ2n) is 4.95. The smallest absolute Gasteiger partial charge is 0.313 e. The molecule has 3 nitrogen and oxygen atoms in total. The van der Waals surface area contributed by atoms with Crippen LogP contribution in [-0.4, -0.2) is 23.8 Å². The number of carbonyl (C=O) groups is 1. The number of fused-ring (bicyclic) bond motifs is 1. The minimum Gasteiger partial charge on any atom is -0.469 e. The maximum atomic E-state index is 11.7. The zero-order chi connectivity index (χ0) is 11.9. The summed E-state index contributed by atoms with van der Waals surface area (Å²) >= 11 is 0. The second kappa shape index (κ2) is 3.74. The molecule has 3 heteroatoms. The van der Waals surface area contributed by atoms with Crippen molar-refractivity contribution in [1.29, 1.82) is 0 Å². The van der Waals surface area contributed by atoms with Gasteiger partial charge >= 0.3 is 5.97 Å². The van der Waals surface area contributed by atoms with Gasteiger partial charge < -0.3 is 9.84 Å². The van der Waals surface area contributed by atoms with Gasteiger partial charge in [0.1, 0.15) is 0 Å². The second-order valence-corrected chi connectivity index (χ2v) is 4.95. The molecule has 1 N–H and O–H groups in total. The highest BCUT2D eigenvalue weighted by Gasteiger charge is 2.48. The molecule has 0 amide bonds. The molecule has 0 heterocycles. The lowest BCUT2D eigenvalue weighted by atomic mass is 9.75. The molecule has 0 bridgehead atoms. The monoisotopic (exact) mass is 222 g/mol. The van der Waals surface area contributed by atoms with Crippen molar-refractivity contribution in [2.45, 2.75) is 32.3 Å². The van der Waals surface area contributed by atoms with Crippen LogP contribution in [0.2, 0.25) is 0 Å². The van der Waals surface area contributed by atoms with E-state index in [4.69, 9.17) is 4.74 Å². The molecule has 2 aliphatic rings. The van der Waals surface area contributed by atoms with Crippen LogP contribution in [0.5, 0.6) is 0 Å². The maximum absolute atomic E-state index is 11.7. The van der Waals surface area contributed by atoms with E-state index >= 15 is 0 Å². The highest BCUT2D eigenvalue weighted by Crippen LogP contribution is 2.48. The molecule has 1 saturated carbocycles. The first-order valence-corrected chi connectivity index (χ1v) is 5.65. The Morgan fingerprint density at radius 2 is 2.31 bits per heavy atom. The molecule has 88 valence electrons. The summed E-state index contributed by atoms with van der Waals surface area (Å²) in [6.07, 6.45) is 5.42. The Labute approximate surface area is 95.8 Å². The zero-order valence-electron chi connectivity index (χ0n) is 9.99. The summed E-state index contributed by atoms with van der Waals surface area (Å²) in [7, 11) is 1.39. The van der Waals surface area contributed by atoms with Gasteiger partial charge in [-0.2, -0.15) is 0 Å². The van der Waals surface area contributed by atoms with Crippen LogP contribution in [0.3, 0.4) is 0 Å². The first-order chi connectivity index (χ1) is 7.47. The summed E-state index contributed by atoms with van der Waals surface area (Å²) in [5.74, 6) is -0.695. The van der Waals surface area contributed by atoms with Crippen molar-refractivity contribution in [2.24, 2.45) is 11.8 Å². The van der Waals surface area contributed by atoms with Crippen LogP contribution in [0.4, 0.5) is 0 Å². The molecule has 1 fully saturated rings. The molecule has 0 aromatic rings. The number of rotatable bonds is 1. The van der Waals surface area contributed by atoms with Gasteiger partial charge in [-0.3, -0.25) is 4.79 Å². The van der Waals surface area contributed by atoms with Gasteiger partial charge in [-0.05, 0) is 26.7 Å². The maximum Gasteiger partial charge on any atom is 0.313 e. The van der Waals surface area contributed by atoms with Crippen molar-refractivity contribution >= 4 is 5.97 Å².